The van der Waals surface area contributed by atoms with Crippen molar-refractivity contribution in [2.45, 2.75) is 25.9 Å². The molecule has 0 saturated heterocycles. The van der Waals surface area contributed by atoms with Crippen LogP contribution in [0.4, 0.5) is 4.39 Å². The zero-order valence-electron chi connectivity index (χ0n) is 12.3. The van der Waals surface area contributed by atoms with Gasteiger partial charge in [0, 0.05) is 25.7 Å². The van der Waals surface area contributed by atoms with E-state index in [2.05, 4.69) is 29.2 Å². The predicted octanol–water partition coefficient (Wildman–Crippen LogP) is 3.19. The van der Waals surface area contributed by atoms with Gasteiger partial charge in [-0.05, 0) is 47.7 Å². The summed E-state index contributed by atoms with van der Waals surface area (Å²) in [5.41, 5.74) is 10.9. The molecule has 1 heterocycles. The molecule has 2 aromatic carbocycles. The Balaban J connectivity index is 1.86. The molecule has 1 atom stereocenters. The highest BCUT2D eigenvalue weighted by Crippen LogP contribution is 2.30. The van der Waals surface area contributed by atoms with Gasteiger partial charge in [-0.1, -0.05) is 30.3 Å². The second-order valence-electron chi connectivity index (χ2n) is 5.74. The SMILES string of the molecule is Cc1cc(F)ccc1CN1CCc2ccccc2C1CN. The molecule has 2 N–H and O–H groups in total. The van der Waals surface area contributed by atoms with Gasteiger partial charge >= 0.3 is 0 Å². The van der Waals surface area contributed by atoms with Crippen LogP contribution in [-0.2, 0) is 13.0 Å². The van der Waals surface area contributed by atoms with E-state index in [1.165, 1.54) is 22.8 Å². The summed E-state index contributed by atoms with van der Waals surface area (Å²) in [5.74, 6) is -0.171. The van der Waals surface area contributed by atoms with Gasteiger partial charge in [-0.3, -0.25) is 4.90 Å². The van der Waals surface area contributed by atoms with Crippen LogP contribution < -0.4 is 5.73 Å². The minimum Gasteiger partial charge on any atom is -0.329 e. The lowest BCUT2D eigenvalue weighted by atomic mass is 9.92. The van der Waals surface area contributed by atoms with Crippen LogP contribution in [0.5, 0.6) is 0 Å². The number of aryl methyl sites for hydroxylation is 1. The molecule has 0 bridgehead atoms. The van der Waals surface area contributed by atoms with Crippen molar-refractivity contribution in [3.63, 3.8) is 0 Å². The van der Waals surface area contributed by atoms with E-state index in [0.29, 0.717) is 6.54 Å². The lowest BCUT2D eigenvalue weighted by Gasteiger charge is -2.37. The van der Waals surface area contributed by atoms with Gasteiger partial charge in [0.2, 0.25) is 0 Å². The van der Waals surface area contributed by atoms with E-state index in [9.17, 15) is 4.39 Å². The fourth-order valence-corrected chi connectivity index (χ4v) is 3.22. The topological polar surface area (TPSA) is 29.3 Å². The Kier molecular flexibility index (Phi) is 4.04. The van der Waals surface area contributed by atoms with Gasteiger partial charge < -0.3 is 5.73 Å². The molecule has 0 amide bonds. The van der Waals surface area contributed by atoms with Gasteiger partial charge in [0.25, 0.3) is 0 Å². The molecule has 21 heavy (non-hydrogen) atoms. The standard InChI is InChI=1S/C18H21FN2/c1-13-10-16(19)7-6-15(13)12-21-9-8-14-4-2-3-5-17(14)18(21)11-20/h2-7,10,18H,8-9,11-12,20H2,1H3. The largest absolute Gasteiger partial charge is 0.329 e. The van der Waals surface area contributed by atoms with Gasteiger partial charge in [-0.2, -0.15) is 0 Å². The number of nitrogens with zero attached hydrogens (tertiary/aromatic N) is 1. The van der Waals surface area contributed by atoms with E-state index < -0.39 is 0 Å². The molecular formula is C18H21FN2. The summed E-state index contributed by atoms with van der Waals surface area (Å²) in [6, 6.07) is 13.8. The third kappa shape index (κ3) is 2.85. The second kappa shape index (κ2) is 5.96. The summed E-state index contributed by atoms with van der Waals surface area (Å²) in [7, 11) is 0. The highest BCUT2D eigenvalue weighted by Gasteiger charge is 2.26. The number of fused-ring (bicyclic) bond motifs is 1. The third-order valence-corrected chi connectivity index (χ3v) is 4.42. The molecule has 3 heteroatoms. The van der Waals surface area contributed by atoms with Crippen LogP contribution in [0.15, 0.2) is 42.5 Å². The lowest BCUT2D eigenvalue weighted by Crippen LogP contribution is -2.38. The highest BCUT2D eigenvalue weighted by molar-refractivity contribution is 5.34. The Labute approximate surface area is 125 Å². The average Bonchev–Trinajstić information content (AvgIpc) is 2.49. The Bertz CT molecular complexity index is 639. The first-order chi connectivity index (χ1) is 10.2. The zero-order valence-corrected chi connectivity index (χ0v) is 12.3. The van der Waals surface area contributed by atoms with E-state index in [-0.39, 0.29) is 11.9 Å². The maximum atomic E-state index is 13.2. The maximum Gasteiger partial charge on any atom is 0.123 e. The van der Waals surface area contributed by atoms with Crippen LogP contribution in [0, 0.1) is 12.7 Å². The predicted molar refractivity (Wildman–Crippen MR) is 83.5 cm³/mol. The number of hydrogen-bond acceptors (Lipinski definition) is 2. The number of benzene rings is 2. The Hall–Kier alpha value is -1.71. The van der Waals surface area contributed by atoms with E-state index >= 15 is 0 Å². The van der Waals surface area contributed by atoms with E-state index in [4.69, 9.17) is 5.73 Å². The summed E-state index contributed by atoms with van der Waals surface area (Å²) in [4.78, 5) is 2.41. The van der Waals surface area contributed by atoms with Crippen molar-refractivity contribution in [1.29, 1.82) is 0 Å². The highest BCUT2D eigenvalue weighted by atomic mass is 19.1. The molecule has 3 rings (SSSR count). The maximum absolute atomic E-state index is 13.2. The van der Waals surface area contributed by atoms with Crippen LogP contribution >= 0.6 is 0 Å². The van der Waals surface area contributed by atoms with Crippen LogP contribution in [0.1, 0.15) is 28.3 Å². The third-order valence-electron chi connectivity index (χ3n) is 4.42. The van der Waals surface area contributed by atoms with Gasteiger partial charge in [-0.15, -0.1) is 0 Å². The van der Waals surface area contributed by atoms with Crippen molar-refractivity contribution in [3.05, 3.63) is 70.5 Å². The molecule has 1 unspecified atom stereocenters. The van der Waals surface area contributed by atoms with E-state index in [1.54, 1.807) is 6.07 Å². The Morgan fingerprint density at radius 3 is 2.81 bits per heavy atom. The van der Waals surface area contributed by atoms with Crippen molar-refractivity contribution in [1.82, 2.24) is 4.90 Å². The first-order valence-corrected chi connectivity index (χ1v) is 7.46. The molecule has 0 fully saturated rings. The monoisotopic (exact) mass is 284 g/mol. The summed E-state index contributed by atoms with van der Waals surface area (Å²) in [5, 5.41) is 0. The number of hydrogen-bond donors (Lipinski definition) is 1. The summed E-state index contributed by atoms with van der Waals surface area (Å²) in [6.45, 7) is 4.39. The Morgan fingerprint density at radius 2 is 2.05 bits per heavy atom. The summed E-state index contributed by atoms with van der Waals surface area (Å²) < 4.78 is 13.2. The molecule has 1 aliphatic heterocycles. The number of halogens is 1. The minimum atomic E-state index is -0.171. The van der Waals surface area contributed by atoms with Crippen molar-refractivity contribution in [2.75, 3.05) is 13.1 Å². The number of rotatable bonds is 3. The molecule has 0 aromatic heterocycles. The van der Waals surface area contributed by atoms with Crippen LogP contribution in [-0.4, -0.2) is 18.0 Å². The molecular weight excluding hydrogens is 263 g/mol. The van der Waals surface area contributed by atoms with Crippen LogP contribution in [0.2, 0.25) is 0 Å². The summed E-state index contributed by atoms with van der Waals surface area (Å²) in [6.07, 6.45) is 1.05. The summed E-state index contributed by atoms with van der Waals surface area (Å²) >= 11 is 0. The fraction of sp³-hybridized carbons (Fsp3) is 0.333. The molecule has 2 aromatic rings. The molecule has 0 radical (unpaired) electrons. The second-order valence-corrected chi connectivity index (χ2v) is 5.74. The molecule has 1 aliphatic rings. The van der Waals surface area contributed by atoms with Gasteiger partial charge in [0.05, 0.1) is 0 Å². The molecule has 0 spiro atoms. The van der Waals surface area contributed by atoms with Crippen LogP contribution in [0.25, 0.3) is 0 Å². The van der Waals surface area contributed by atoms with Crippen molar-refractivity contribution in [3.8, 4) is 0 Å². The smallest absolute Gasteiger partial charge is 0.123 e. The fourth-order valence-electron chi connectivity index (χ4n) is 3.22. The lowest BCUT2D eigenvalue weighted by molar-refractivity contribution is 0.180. The molecule has 2 nitrogen and oxygen atoms in total. The minimum absolute atomic E-state index is 0.171. The van der Waals surface area contributed by atoms with Crippen molar-refractivity contribution >= 4 is 0 Å². The van der Waals surface area contributed by atoms with Crippen molar-refractivity contribution < 1.29 is 4.39 Å². The first-order valence-electron chi connectivity index (χ1n) is 7.46. The van der Waals surface area contributed by atoms with E-state index in [0.717, 1.165) is 25.1 Å². The number of nitrogens with two attached hydrogens (primary N) is 1. The molecule has 110 valence electrons. The average molecular weight is 284 g/mol. The molecule has 0 aliphatic carbocycles. The zero-order chi connectivity index (χ0) is 14.8. The van der Waals surface area contributed by atoms with Gasteiger partial charge in [0.1, 0.15) is 5.82 Å². The normalized spacial score (nSPS) is 18.5. The van der Waals surface area contributed by atoms with Gasteiger partial charge in [0.15, 0.2) is 0 Å². The Morgan fingerprint density at radius 1 is 1.24 bits per heavy atom. The quantitative estimate of drug-likeness (QED) is 0.938. The van der Waals surface area contributed by atoms with Gasteiger partial charge in [-0.25, -0.2) is 4.39 Å². The first kappa shape index (κ1) is 14.2. The van der Waals surface area contributed by atoms with Crippen LogP contribution in [0.3, 0.4) is 0 Å². The molecule has 0 saturated carbocycles. The van der Waals surface area contributed by atoms with Crippen molar-refractivity contribution in [2.24, 2.45) is 5.73 Å². The van der Waals surface area contributed by atoms with E-state index in [1.807, 2.05) is 13.0 Å².